The van der Waals surface area contributed by atoms with E-state index in [1.165, 1.54) is 19.2 Å². The number of aromatic nitrogens is 1. The first-order valence-corrected chi connectivity index (χ1v) is 4.56. The molecule has 2 aromatic rings. The van der Waals surface area contributed by atoms with Crippen LogP contribution in [0.2, 0.25) is 0 Å². The SMILES string of the molecule is CNc1ccc2cc(F)cc(OC)c2n1. The second-order valence-electron chi connectivity index (χ2n) is 3.13. The van der Waals surface area contributed by atoms with Gasteiger partial charge in [-0.3, -0.25) is 0 Å². The van der Waals surface area contributed by atoms with Gasteiger partial charge in [-0.15, -0.1) is 0 Å². The molecule has 1 aromatic carbocycles. The Bertz CT molecular complexity index is 499. The topological polar surface area (TPSA) is 34.1 Å². The summed E-state index contributed by atoms with van der Waals surface area (Å²) in [6, 6.07) is 6.36. The molecule has 0 bridgehead atoms. The number of methoxy groups -OCH3 is 1. The maximum absolute atomic E-state index is 13.1. The van der Waals surface area contributed by atoms with Crippen LogP contribution < -0.4 is 10.1 Å². The van der Waals surface area contributed by atoms with Gasteiger partial charge >= 0.3 is 0 Å². The highest BCUT2D eigenvalue weighted by molar-refractivity contribution is 5.86. The first-order chi connectivity index (χ1) is 7.24. The summed E-state index contributed by atoms with van der Waals surface area (Å²) in [4.78, 5) is 4.30. The van der Waals surface area contributed by atoms with Crippen molar-refractivity contribution in [2.24, 2.45) is 0 Å². The van der Waals surface area contributed by atoms with Crippen molar-refractivity contribution >= 4 is 16.7 Å². The third kappa shape index (κ3) is 1.70. The van der Waals surface area contributed by atoms with E-state index in [9.17, 15) is 4.39 Å². The van der Waals surface area contributed by atoms with Gasteiger partial charge in [0.05, 0.1) is 7.11 Å². The van der Waals surface area contributed by atoms with Gasteiger partial charge < -0.3 is 10.1 Å². The highest BCUT2D eigenvalue weighted by Gasteiger charge is 2.06. The molecule has 2 rings (SSSR count). The van der Waals surface area contributed by atoms with E-state index >= 15 is 0 Å². The molecule has 0 saturated heterocycles. The van der Waals surface area contributed by atoms with Gasteiger partial charge in [0.2, 0.25) is 0 Å². The molecule has 1 aromatic heterocycles. The van der Waals surface area contributed by atoms with Gasteiger partial charge in [-0.1, -0.05) is 0 Å². The number of pyridine rings is 1. The smallest absolute Gasteiger partial charge is 0.148 e. The summed E-state index contributed by atoms with van der Waals surface area (Å²) in [5.74, 6) is 0.855. The van der Waals surface area contributed by atoms with Crippen molar-refractivity contribution < 1.29 is 9.13 Å². The number of anilines is 1. The van der Waals surface area contributed by atoms with Crippen LogP contribution in [0.1, 0.15) is 0 Å². The van der Waals surface area contributed by atoms with Crippen molar-refractivity contribution in [3.63, 3.8) is 0 Å². The van der Waals surface area contributed by atoms with Crippen LogP contribution >= 0.6 is 0 Å². The quantitative estimate of drug-likeness (QED) is 0.819. The summed E-state index contributed by atoms with van der Waals surface area (Å²) in [5, 5.41) is 3.65. The van der Waals surface area contributed by atoms with Crippen molar-refractivity contribution in [3.05, 3.63) is 30.1 Å². The zero-order valence-electron chi connectivity index (χ0n) is 8.54. The molecular weight excluding hydrogens is 195 g/mol. The summed E-state index contributed by atoms with van der Waals surface area (Å²) >= 11 is 0. The summed E-state index contributed by atoms with van der Waals surface area (Å²) in [7, 11) is 3.28. The van der Waals surface area contributed by atoms with Crippen LogP contribution in [0.5, 0.6) is 5.75 Å². The van der Waals surface area contributed by atoms with E-state index in [2.05, 4.69) is 10.3 Å². The molecule has 78 valence electrons. The molecule has 0 radical (unpaired) electrons. The van der Waals surface area contributed by atoms with Gasteiger partial charge in [0, 0.05) is 18.5 Å². The molecule has 0 spiro atoms. The maximum atomic E-state index is 13.1. The molecule has 0 saturated carbocycles. The first-order valence-electron chi connectivity index (χ1n) is 4.56. The zero-order chi connectivity index (χ0) is 10.8. The van der Waals surface area contributed by atoms with E-state index in [4.69, 9.17) is 4.74 Å². The van der Waals surface area contributed by atoms with Gasteiger partial charge in [-0.2, -0.15) is 0 Å². The molecule has 0 aliphatic heterocycles. The Balaban J connectivity index is 2.73. The number of benzene rings is 1. The lowest BCUT2D eigenvalue weighted by Crippen LogP contribution is -1.94. The number of nitrogens with one attached hydrogen (secondary N) is 1. The second kappa shape index (κ2) is 3.73. The molecule has 1 N–H and O–H groups in total. The number of nitrogens with zero attached hydrogens (tertiary/aromatic N) is 1. The normalized spacial score (nSPS) is 10.3. The molecule has 0 amide bonds. The molecule has 15 heavy (non-hydrogen) atoms. The van der Waals surface area contributed by atoms with Gasteiger partial charge in [0.1, 0.15) is 22.9 Å². The molecule has 0 atom stereocenters. The summed E-state index contributed by atoms with van der Waals surface area (Å²) < 4.78 is 18.2. The number of rotatable bonds is 2. The van der Waals surface area contributed by atoms with Crippen LogP contribution in [-0.4, -0.2) is 19.1 Å². The van der Waals surface area contributed by atoms with Crippen molar-refractivity contribution in [3.8, 4) is 5.75 Å². The van der Waals surface area contributed by atoms with Crippen molar-refractivity contribution in [1.82, 2.24) is 4.98 Å². The predicted molar refractivity (Wildman–Crippen MR) is 57.8 cm³/mol. The molecule has 3 nitrogen and oxygen atoms in total. The third-order valence-electron chi connectivity index (χ3n) is 2.20. The molecule has 1 heterocycles. The molecule has 0 unspecified atom stereocenters. The van der Waals surface area contributed by atoms with Crippen molar-refractivity contribution in [1.29, 1.82) is 0 Å². The molecule has 0 aliphatic carbocycles. The lowest BCUT2D eigenvalue weighted by Gasteiger charge is -2.06. The maximum Gasteiger partial charge on any atom is 0.148 e. The van der Waals surface area contributed by atoms with Gasteiger partial charge in [0.25, 0.3) is 0 Å². The van der Waals surface area contributed by atoms with Crippen molar-refractivity contribution in [2.45, 2.75) is 0 Å². The fourth-order valence-corrected chi connectivity index (χ4v) is 1.46. The Hall–Kier alpha value is -1.84. The average molecular weight is 206 g/mol. The monoisotopic (exact) mass is 206 g/mol. The Morgan fingerprint density at radius 2 is 2.13 bits per heavy atom. The Morgan fingerprint density at radius 3 is 2.80 bits per heavy atom. The van der Waals surface area contributed by atoms with E-state index < -0.39 is 0 Å². The van der Waals surface area contributed by atoms with E-state index in [0.29, 0.717) is 11.3 Å². The van der Waals surface area contributed by atoms with Crippen molar-refractivity contribution in [2.75, 3.05) is 19.5 Å². The minimum absolute atomic E-state index is 0.321. The first kappa shape index (κ1) is 9.71. The van der Waals surface area contributed by atoms with Crippen LogP contribution in [0.15, 0.2) is 24.3 Å². The highest BCUT2D eigenvalue weighted by atomic mass is 19.1. The van der Waals surface area contributed by atoms with Gasteiger partial charge in [0.15, 0.2) is 0 Å². The van der Waals surface area contributed by atoms with Crippen LogP contribution in [0.3, 0.4) is 0 Å². The summed E-state index contributed by atoms with van der Waals surface area (Å²) in [6.45, 7) is 0. The second-order valence-corrected chi connectivity index (χ2v) is 3.13. The largest absolute Gasteiger partial charge is 0.494 e. The minimum atomic E-state index is -0.321. The Kier molecular flexibility index (Phi) is 2.41. The Morgan fingerprint density at radius 1 is 1.33 bits per heavy atom. The van der Waals surface area contributed by atoms with Gasteiger partial charge in [-0.25, -0.2) is 9.37 Å². The van der Waals surface area contributed by atoms with E-state index in [0.717, 1.165) is 11.2 Å². The lowest BCUT2D eigenvalue weighted by molar-refractivity contribution is 0.415. The number of hydrogen-bond acceptors (Lipinski definition) is 3. The predicted octanol–water partition coefficient (Wildman–Crippen LogP) is 2.42. The van der Waals surface area contributed by atoms with E-state index in [1.807, 2.05) is 0 Å². The highest BCUT2D eigenvalue weighted by Crippen LogP contribution is 2.26. The van der Waals surface area contributed by atoms with Gasteiger partial charge in [-0.05, 0) is 18.2 Å². The fraction of sp³-hybridized carbons (Fsp3) is 0.182. The number of halogens is 1. The number of ether oxygens (including phenoxy) is 1. The average Bonchev–Trinajstić information content (AvgIpc) is 2.27. The number of hydrogen-bond donors (Lipinski definition) is 1. The van der Waals surface area contributed by atoms with Crippen LogP contribution in [0.25, 0.3) is 10.9 Å². The fourth-order valence-electron chi connectivity index (χ4n) is 1.46. The number of fused-ring (bicyclic) bond motifs is 1. The molecular formula is C11H11FN2O. The summed E-state index contributed by atoms with van der Waals surface area (Å²) in [6.07, 6.45) is 0. The lowest BCUT2D eigenvalue weighted by atomic mass is 10.2. The third-order valence-corrected chi connectivity index (χ3v) is 2.20. The van der Waals surface area contributed by atoms with Crippen LogP contribution in [0, 0.1) is 5.82 Å². The molecule has 0 aliphatic rings. The summed E-state index contributed by atoms with van der Waals surface area (Å²) in [5.41, 5.74) is 0.658. The van der Waals surface area contributed by atoms with Crippen LogP contribution in [-0.2, 0) is 0 Å². The Labute approximate surface area is 86.9 Å². The van der Waals surface area contributed by atoms with E-state index in [-0.39, 0.29) is 5.82 Å². The minimum Gasteiger partial charge on any atom is -0.494 e. The standard InChI is InChI=1S/C11H11FN2O/c1-13-10-4-3-7-5-8(12)6-9(15-2)11(7)14-10/h3-6H,1-2H3,(H,13,14). The van der Waals surface area contributed by atoms with Crippen LogP contribution in [0.4, 0.5) is 10.2 Å². The molecule has 0 fully saturated rings. The molecule has 4 heteroatoms. The van der Waals surface area contributed by atoms with E-state index in [1.54, 1.807) is 19.2 Å². The zero-order valence-corrected chi connectivity index (χ0v) is 8.54.